The van der Waals surface area contributed by atoms with Crippen LogP contribution in [0, 0.1) is 0 Å². The molecule has 4 nitrogen and oxygen atoms in total. The summed E-state index contributed by atoms with van der Waals surface area (Å²) in [5, 5.41) is 3.63. The standard InChI is InChI=1S/C12H10BF3N2O2/c14-12(15,16)10-8-11(13-19-6-7-20-13)18(17-10)9-4-2-1-3-5-9/h1-5,8H,6-7H2. The second-order valence-electron chi connectivity index (χ2n) is 4.27. The summed E-state index contributed by atoms with van der Waals surface area (Å²) in [7, 11) is -0.821. The molecular formula is C12H10BF3N2O2. The van der Waals surface area contributed by atoms with E-state index in [9.17, 15) is 13.2 Å². The van der Waals surface area contributed by atoms with Crippen molar-refractivity contribution in [1.82, 2.24) is 9.78 Å². The summed E-state index contributed by atoms with van der Waals surface area (Å²) in [6, 6.07) is 9.54. The van der Waals surface area contributed by atoms with Crippen molar-refractivity contribution in [2.75, 3.05) is 13.2 Å². The van der Waals surface area contributed by atoms with E-state index in [1.165, 1.54) is 4.68 Å². The molecule has 1 aliphatic rings. The summed E-state index contributed by atoms with van der Waals surface area (Å²) in [6.07, 6.45) is -4.51. The highest BCUT2D eigenvalue weighted by atomic mass is 19.4. The van der Waals surface area contributed by atoms with Crippen LogP contribution in [0.4, 0.5) is 13.2 Å². The molecule has 0 unspecified atom stereocenters. The first-order valence-corrected chi connectivity index (χ1v) is 6.01. The molecule has 0 spiro atoms. The van der Waals surface area contributed by atoms with Crippen LogP contribution in [-0.2, 0) is 15.5 Å². The molecule has 1 aromatic heterocycles. The summed E-state index contributed by atoms with van der Waals surface area (Å²) in [4.78, 5) is 0. The van der Waals surface area contributed by atoms with Gasteiger partial charge in [0.05, 0.1) is 24.5 Å². The normalized spacial score (nSPS) is 15.8. The second kappa shape index (κ2) is 4.95. The van der Waals surface area contributed by atoms with Gasteiger partial charge >= 0.3 is 13.3 Å². The highest BCUT2D eigenvalue weighted by Crippen LogP contribution is 2.27. The van der Waals surface area contributed by atoms with Gasteiger partial charge in [-0.3, -0.25) is 0 Å². The van der Waals surface area contributed by atoms with Gasteiger partial charge in [0.2, 0.25) is 0 Å². The zero-order valence-electron chi connectivity index (χ0n) is 10.3. The number of benzene rings is 1. The quantitative estimate of drug-likeness (QED) is 0.785. The predicted octanol–water partition coefficient (Wildman–Crippen LogP) is 1.63. The first kappa shape index (κ1) is 13.2. The van der Waals surface area contributed by atoms with Crippen LogP contribution >= 0.6 is 0 Å². The SMILES string of the molecule is FC(F)(F)c1cc(B2OCCO2)n(-c2ccccc2)n1. The lowest BCUT2D eigenvalue weighted by Crippen LogP contribution is -2.37. The summed E-state index contributed by atoms with van der Waals surface area (Å²) >= 11 is 0. The number of para-hydroxylation sites is 1. The Morgan fingerprint density at radius 1 is 1.10 bits per heavy atom. The molecule has 104 valence electrons. The fraction of sp³-hybridized carbons (Fsp3) is 0.250. The fourth-order valence-electron chi connectivity index (χ4n) is 2.01. The van der Waals surface area contributed by atoms with Crippen LogP contribution in [0.5, 0.6) is 0 Å². The molecule has 0 atom stereocenters. The average molecular weight is 282 g/mol. The highest BCUT2D eigenvalue weighted by molar-refractivity contribution is 6.61. The molecule has 20 heavy (non-hydrogen) atoms. The molecule has 1 aliphatic heterocycles. The van der Waals surface area contributed by atoms with Gasteiger partial charge < -0.3 is 9.31 Å². The van der Waals surface area contributed by atoms with E-state index in [4.69, 9.17) is 9.31 Å². The van der Waals surface area contributed by atoms with Crippen LogP contribution in [0.1, 0.15) is 5.69 Å². The summed E-state index contributed by atoms with van der Waals surface area (Å²) < 4.78 is 50.2. The van der Waals surface area contributed by atoms with Crippen LogP contribution in [0.25, 0.3) is 5.69 Å². The van der Waals surface area contributed by atoms with Gasteiger partial charge in [-0.15, -0.1) is 0 Å². The number of hydrogen-bond acceptors (Lipinski definition) is 3. The van der Waals surface area contributed by atoms with Crippen LogP contribution < -0.4 is 5.59 Å². The van der Waals surface area contributed by atoms with E-state index in [0.29, 0.717) is 18.9 Å². The highest BCUT2D eigenvalue weighted by Gasteiger charge is 2.39. The average Bonchev–Trinajstić information content (AvgIpc) is 3.08. The van der Waals surface area contributed by atoms with Gasteiger partial charge in [0.15, 0.2) is 5.69 Å². The van der Waals surface area contributed by atoms with Crippen LogP contribution in [0.2, 0.25) is 0 Å². The van der Waals surface area contributed by atoms with E-state index in [-0.39, 0.29) is 5.59 Å². The predicted molar refractivity (Wildman–Crippen MR) is 65.9 cm³/mol. The largest absolute Gasteiger partial charge is 0.513 e. The number of halogens is 3. The molecule has 2 aromatic rings. The van der Waals surface area contributed by atoms with E-state index >= 15 is 0 Å². The number of alkyl halides is 3. The van der Waals surface area contributed by atoms with E-state index in [1.54, 1.807) is 30.3 Å². The van der Waals surface area contributed by atoms with Gasteiger partial charge in [0, 0.05) is 0 Å². The Morgan fingerprint density at radius 2 is 1.75 bits per heavy atom. The number of rotatable bonds is 2. The lowest BCUT2D eigenvalue weighted by atomic mass is 9.84. The second-order valence-corrected chi connectivity index (χ2v) is 4.27. The maximum absolute atomic E-state index is 12.8. The third-order valence-electron chi connectivity index (χ3n) is 2.89. The van der Waals surface area contributed by atoms with Gasteiger partial charge in [0.25, 0.3) is 0 Å². The minimum absolute atomic E-state index is 0.237. The number of aromatic nitrogens is 2. The lowest BCUT2D eigenvalue weighted by Gasteiger charge is -2.08. The minimum Gasteiger partial charge on any atom is -0.404 e. The maximum atomic E-state index is 12.8. The third-order valence-corrected chi connectivity index (χ3v) is 2.89. The minimum atomic E-state index is -4.51. The van der Waals surface area contributed by atoms with Crippen molar-refractivity contribution in [3.8, 4) is 5.69 Å². The molecule has 0 amide bonds. The molecule has 2 heterocycles. The Morgan fingerprint density at radius 3 is 2.35 bits per heavy atom. The van der Waals surface area contributed by atoms with E-state index in [2.05, 4.69) is 5.10 Å². The van der Waals surface area contributed by atoms with Crippen molar-refractivity contribution in [2.24, 2.45) is 0 Å². The Balaban J connectivity index is 2.09. The molecule has 1 fully saturated rings. The molecular weight excluding hydrogens is 272 g/mol. The maximum Gasteiger partial charge on any atom is 0.513 e. The van der Waals surface area contributed by atoms with E-state index < -0.39 is 19.0 Å². The Kier molecular flexibility index (Phi) is 3.27. The van der Waals surface area contributed by atoms with Crippen molar-refractivity contribution >= 4 is 12.7 Å². The number of hydrogen-bond donors (Lipinski definition) is 0. The van der Waals surface area contributed by atoms with Crippen LogP contribution in [0.3, 0.4) is 0 Å². The first-order valence-electron chi connectivity index (χ1n) is 6.01. The molecule has 1 saturated heterocycles. The van der Waals surface area contributed by atoms with Crippen molar-refractivity contribution < 1.29 is 22.5 Å². The van der Waals surface area contributed by atoms with Gasteiger partial charge in [-0.2, -0.15) is 18.3 Å². The van der Waals surface area contributed by atoms with Gasteiger partial charge in [-0.05, 0) is 18.2 Å². The zero-order valence-corrected chi connectivity index (χ0v) is 10.3. The molecule has 0 bridgehead atoms. The van der Waals surface area contributed by atoms with Crippen molar-refractivity contribution in [1.29, 1.82) is 0 Å². The van der Waals surface area contributed by atoms with Crippen LogP contribution in [-0.4, -0.2) is 30.1 Å². The molecule has 3 rings (SSSR count). The van der Waals surface area contributed by atoms with Gasteiger partial charge in [0.1, 0.15) is 0 Å². The summed E-state index contributed by atoms with van der Waals surface area (Å²) in [6.45, 7) is 0.706. The zero-order chi connectivity index (χ0) is 14.2. The summed E-state index contributed by atoms with van der Waals surface area (Å²) in [5.41, 5.74) is -0.200. The Hall–Kier alpha value is -1.80. The fourth-order valence-corrected chi connectivity index (χ4v) is 2.01. The molecule has 1 aromatic carbocycles. The van der Waals surface area contributed by atoms with Crippen LogP contribution in [0.15, 0.2) is 36.4 Å². The van der Waals surface area contributed by atoms with E-state index in [0.717, 1.165) is 6.07 Å². The molecule has 0 aliphatic carbocycles. The Bertz CT molecular complexity index is 594. The number of nitrogens with zero attached hydrogens (tertiary/aromatic N) is 2. The topological polar surface area (TPSA) is 36.3 Å². The lowest BCUT2D eigenvalue weighted by molar-refractivity contribution is -0.141. The molecule has 8 heteroatoms. The monoisotopic (exact) mass is 282 g/mol. The third kappa shape index (κ3) is 2.44. The molecule has 0 radical (unpaired) electrons. The van der Waals surface area contributed by atoms with Gasteiger partial charge in [-0.1, -0.05) is 18.2 Å². The van der Waals surface area contributed by atoms with E-state index in [1.807, 2.05) is 0 Å². The van der Waals surface area contributed by atoms with Gasteiger partial charge in [-0.25, -0.2) is 4.68 Å². The molecule has 0 saturated carbocycles. The first-order chi connectivity index (χ1) is 9.55. The summed E-state index contributed by atoms with van der Waals surface area (Å²) in [5.74, 6) is 0. The smallest absolute Gasteiger partial charge is 0.404 e. The molecule has 0 N–H and O–H groups in total. The van der Waals surface area contributed by atoms with Crippen molar-refractivity contribution in [3.05, 3.63) is 42.1 Å². The van der Waals surface area contributed by atoms with Crippen molar-refractivity contribution in [2.45, 2.75) is 6.18 Å². The Labute approximate surface area is 113 Å². The van der Waals surface area contributed by atoms with Crippen molar-refractivity contribution in [3.63, 3.8) is 0 Å².